The first-order valence-electron chi connectivity index (χ1n) is 7.62. The summed E-state index contributed by atoms with van der Waals surface area (Å²) in [6, 6.07) is 2.45. The molecule has 5 heteroatoms. The number of aromatic nitrogens is 4. The monoisotopic (exact) mass is 287 g/mol. The van der Waals surface area contributed by atoms with Crippen molar-refractivity contribution in [3.63, 3.8) is 0 Å². The van der Waals surface area contributed by atoms with Crippen LogP contribution >= 0.6 is 0 Å². The minimum Gasteiger partial charge on any atom is -0.338 e. The van der Waals surface area contributed by atoms with Gasteiger partial charge in [-0.25, -0.2) is 4.98 Å². The fourth-order valence-electron chi connectivity index (χ4n) is 2.52. The molecule has 2 heterocycles. The predicted molar refractivity (Wildman–Crippen MR) is 84.1 cm³/mol. The van der Waals surface area contributed by atoms with E-state index >= 15 is 0 Å². The van der Waals surface area contributed by atoms with Gasteiger partial charge in [-0.3, -0.25) is 0 Å². The Labute approximate surface area is 126 Å². The van der Waals surface area contributed by atoms with E-state index in [2.05, 4.69) is 38.1 Å². The van der Waals surface area contributed by atoms with Crippen molar-refractivity contribution in [3.05, 3.63) is 41.2 Å². The van der Waals surface area contributed by atoms with Gasteiger partial charge < -0.3 is 9.88 Å². The van der Waals surface area contributed by atoms with Gasteiger partial charge in [-0.05, 0) is 44.9 Å². The first kappa shape index (κ1) is 15.6. The summed E-state index contributed by atoms with van der Waals surface area (Å²) in [6.45, 7) is 7.21. The van der Waals surface area contributed by atoms with Gasteiger partial charge >= 0.3 is 0 Å². The molecule has 114 valence electrons. The lowest BCUT2D eigenvalue weighted by Gasteiger charge is -2.20. The Kier molecular flexibility index (Phi) is 5.44. The van der Waals surface area contributed by atoms with Gasteiger partial charge in [0.15, 0.2) is 0 Å². The molecule has 0 aliphatic carbocycles. The van der Waals surface area contributed by atoms with Crippen LogP contribution in [-0.4, -0.2) is 26.3 Å². The Morgan fingerprint density at radius 2 is 2.10 bits per heavy atom. The van der Waals surface area contributed by atoms with E-state index in [9.17, 15) is 0 Å². The molecule has 0 amide bonds. The maximum absolute atomic E-state index is 4.41. The number of aryl methyl sites for hydroxylation is 4. The summed E-state index contributed by atoms with van der Waals surface area (Å²) >= 11 is 0. The van der Waals surface area contributed by atoms with Crippen LogP contribution in [0.5, 0.6) is 0 Å². The molecule has 2 aromatic heterocycles. The molecule has 1 N–H and O–H groups in total. The van der Waals surface area contributed by atoms with Crippen molar-refractivity contribution in [2.24, 2.45) is 7.05 Å². The summed E-state index contributed by atoms with van der Waals surface area (Å²) in [4.78, 5) is 4.41. The quantitative estimate of drug-likeness (QED) is 0.850. The van der Waals surface area contributed by atoms with E-state index in [1.54, 1.807) is 0 Å². The summed E-state index contributed by atoms with van der Waals surface area (Å²) in [6.07, 6.45) is 6.93. The molecule has 0 aliphatic rings. The van der Waals surface area contributed by atoms with Gasteiger partial charge in [0, 0.05) is 31.9 Å². The van der Waals surface area contributed by atoms with Gasteiger partial charge in [0.05, 0.1) is 11.4 Å². The van der Waals surface area contributed by atoms with Crippen LogP contribution in [0, 0.1) is 13.8 Å². The average Bonchev–Trinajstić information content (AvgIpc) is 2.87. The highest BCUT2D eigenvalue weighted by Gasteiger charge is 2.15. The molecule has 0 aromatic carbocycles. The molecule has 0 saturated carbocycles. The Balaban J connectivity index is 2.13. The van der Waals surface area contributed by atoms with E-state index in [0.29, 0.717) is 6.04 Å². The van der Waals surface area contributed by atoms with Crippen LogP contribution in [0.1, 0.15) is 48.6 Å². The molecule has 5 nitrogen and oxygen atoms in total. The Bertz CT molecular complexity index is 576. The average molecular weight is 287 g/mol. The lowest BCUT2D eigenvalue weighted by molar-refractivity contribution is 0.486. The van der Waals surface area contributed by atoms with Crippen molar-refractivity contribution in [2.45, 2.75) is 46.1 Å². The highest BCUT2D eigenvalue weighted by molar-refractivity contribution is 5.24. The van der Waals surface area contributed by atoms with Crippen LogP contribution in [-0.2, 0) is 13.5 Å². The Hall–Kier alpha value is -1.75. The van der Waals surface area contributed by atoms with E-state index in [-0.39, 0.29) is 0 Å². The van der Waals surface area contributed by atoms with Gasteiger partial charge in [0.2, 0.25) is 0 Å². The van der Waals surface area contributed by atoms with Gasteiger partial charge in [0.1, 0.15) is 5.82 Å². The normalized spacial score (nSPS) is 12.6. The second-order valence-electron chi connectivity index (χ2n) is 5.53. The molecule has 0 saturated heterocycles. The van der Waals surface area contributed by atoms with E-state index in [4.69, 9.17) is 0 Å². The largest absolute Gasteiger partial charge is 0.338 e. The molecule has 0 radical (unpaired) electrons. The summed E-state index contributed by atoms with van der Waals surface area (Å²) in [5.74, 6) is 1.12. The van der Waals surface area contributed by atoms with E-state index in [1.165, 1.54) is 5.56 Å². The lowest BCUT2D eigenvalue weighted by atomic mass is 10.00. The van der Waals surface area contributed by atoms with Crippen LogP contribution in [0.3, 0.4) is 0 Å². The number of nitrogens with zero attached hydrogens (tertiary/aromatic N) is 4. The predicted octanol–water partition coefficient (Wildman–Crippen LogP) is 2.50. The number of rotatable bonds is 7. The lowest BCUT2D eigenvalue weighted by Crippen LogP contribution is -2.24. The molecular weight excluding hydrogens is 262 g/mol. The van der Waals surface area contributed by atoms with Gasteiger partial charge in [0.25, 0.3) is 0 Å². The number of imidazole rings is 1. The smallest absolute Gasteiger partial charge is 0.108 e. The fraction of sp³-hybridized carbons (Fsp3) is 0.562. The summed E-state index contributed by atoms with van der Waals surface area (Å²) in [7, 11) is 2.04. The minimum atomic E-state index is 0.302. The molecule has 2 aromatic rings. The first-order chi connectivity index (χ1) is 10.1. The van der Waals surface area contributed by atoms with Crippen LogP contribution in [0.4, 0.5) is 0 Å². The molecule has 0 bridgehead atoms. The zero-order valence-corrected chi connectivity index (χ0v) is 13.4. The van der Waals surface area contributed by atoms with Crippen LogP contribution in [0.25, 0.3) is 0 Å². The molecule has 1 atom stereocenters. The Morgan fingerprint density at radius 1 is 1.29 bits per heavy atom. The molecule has 0 spiro atoms. The molecule has 0 fully saturated rings. The minimum absolute atomic E-state index is 0.302. The number of hydrogen-bond acceptors (Lipinski definition) is 4. The molecule has 21 heavy (non-hydrogen) atoms. The van der Waals surface area contributed by atoms with Crippen molar-refractivity contribution in [3.8, 4) is 0 Å². The number of hydrogen-bond donors (Lipinski definition) is 1. The zero-order chi connectivity index (χ0) is 15.2. The molecule has 2 rings (SSSR count). The standard InChI is InChI=1S/C16H25N5/c1-5-8-17-15(6-7-16-18-9-10-21(16)4)14-11-12(2)19-20-13(14)3/h9-11,15,17H,5-8H2,1-4H3. The van der Waals surface area contributed by atoms with Crippen molar-refractivity contribution in [1.82, 2.24) is 25.1 Å². The van der Waals surface area contributed by atoms with E-state index in [1.807, 2.05) is 33.3 Å². The van der Waals surface area contributed by atoms with Crippen LogP contribution in [0.2, 0.25) is 0 Å². The van der Waals surface area contributed by atoms with Crippen LogP contribution in [0.15, 0.2) is 18.5 Å². The third kappa shape index (κ3) is 4.11. The summed E-state index contributed by atoms with van der Waals surface area (Å²) in [5.41, 5.74) is 3.23. The van der Waals surface area contributed by atoms with Gasteiger partial charge in [-0.15, -0.1) is 0 Å². The van der Waals surface area contributed by atoms with E-state index in [0.717, 1.165) is 43.0 Å². The van der Waals surface area contributed by atoms with Gasteiger partial charge in [-0.2, -0.15) is 10.2 Å². The summed E-state index contributed by atoms with van der Waals surface area (Å²) in [5, 5.41) is 12.0. The topological polar surface area (TPSA) is 55.6 Å². The highest BCUT2D eigenvalue weighted by atomic mass is 15.1. The van der Waals surface area contributed by atoms with Crippen molar-refractivity contribution in [1.29, 1.82) is 0 Å². The fourth-order valence-corrected chi connectivity index (χ4v) is 2.52. The summed E-state index contributed by atoms with van der Waals surface area (Å²) < 4.78 is 2.08. The maximum Gasteiger partial charge on any atom is 0.108 e. The molecule has 1 unspecified atom stereocenters. The molecule has 0 aliphatic heterocycles. The van der Waals surface area contributed by atoms with Crippen molar-refractivity contribution >= 4 is 0 Å². The second kappa shape index (κ2) is 7.31. The maximum atomic E-state index is 4.41. The third-order valence-electron chi connectivity index (χ3n) is 3.73. The molecular formula is C16H25N5. The first-order valence-corrected chi connectivity index (χ1v) is 7.62. The van der Waals surface area contributed by atoms with Crippen LogP contribution < -0.4 is 5.32 Å². The second-order valence-corrected chi connectivity index (χ2v) is 5.53. The third-order valence-corrected chi connectivity index (χ3v) is 3.73. The Morgan fingerprint density at radius 3 is 2.76 bits per heavy atom. The SMILES string of the molecule is CCCNC(CCc1nccn1C)c1cc(C)nnc1C. The highest BCUT2D eigenvalue weighted by Crippen LogP contribution is 2.21. The van der Waals surface area contributed by atoms with Crippen molar-refractivity contribution in [2.75, 3.05) is 6.54 Å². The van der Waals surface area contributed by atoms with Gasteiger partial charge in [-0.1, -0.05) is 6.92 Å². The van der Waals surface area contributed by atoms with Crippen molar-refractivity contribution < 1.29 is 0 Å². The zero-order valence-electron chi connectivity index (χ0n) is 13.4. The number of nitrogens with one attached hydrogen (secondary N) is 1. The van der Waals surface area contributed by atoms with E-state index < -0.39 is 0 Å².